The highest BCUT2D eigenvalue weighted by atomic mass is 16.6. The first-order valence-electron chi connectivity index (χ1n) is 7.29. The number of hydrogen-bond donors (Lipinski definition) is 3. The Kier molecular flexibility index (Phi) is 4.99. The maximum absolute atomic E-state index is 10.3. The van der Waals surface area contributed by atoms with Crippen molar-refractivity contribution in [1.82, 2.24) is 0 Å². The van der Waals surface area contributed by atoms with Gasteiger partial charge in [-0.25, -0.2) is 4.79 Å². The van der Waals surface area contributed by atoms with Crippen molar-refractivity contribution >= 4 is 11.7 Å². The smallest absolute Gasteiger partial charge is 0.344 e. The average molecular weight is 285 g/mol. The van der Waals surface area contributed by atoms with Gasteiger partial charge in [-0.15, -0.1) is 0 Å². The van der Waals surface area contributed by atoms with Gasteiger partial charge in [-0.05, 0) is 43.9 Å². The molecule has 2 aliphatic carbocycles. The van der Waals surface area contributed by atoms with Crippen LogP contribution in [0.1, 0.15) is 39.0 Å². The quantitative estimate of drug-likeness (QED) is 0.606. The molecule has 0 spiro atoms. The first-order valence-corrected chi connectivity index (χ1v) is 7.29. The van der Waals surface area contributed by atoms with Crippen LogP contribution in [0.4, 0.5) is 0 Å². The van der Waals surface area contributed by atoms with Crippen LogP contribution in [-0.2, 0) is 9.63 Å². The number of oxime groups is 1. The second-order valence-corrected chi connectivity index (χ2v) is 5.83. The number of carboxylic acid groups (broad SMARTS) is 1. The van der Waals surface area contributed by atoms with E-state index in [2.05, 4.69) is 5.16 Å². The van der Waals surface area contributed by atoms with Crippen LogP contribution in [0.15, 0.2) is 5.16 Å². The largest absolute Gasteiger partial charge is 0.479 e. The number of rotatable bonds is 7. The summed E-state index contributed by atoms with van der Waals surface area (Å²) in [5.41, 5.74) is 0.869. The summed E-state index contributed by atoms with van der Waals surface area (Å²) in [6.45, 7) is 1.53. The van der Waals surface area contributed by atoms with Crippen LogP contribution in [0.25, 0.3) is 0 Å². The minimum Gasteiger partial charge on any atom is -0.479 e. The lowest BCUT2D eigenvalue weighted by molar-refractivity contribution is -0.142. The molecule has 5 unspecified atom stereocenters. The van der Waals surface area contributed by atoms with Crippen molar-refractivity contribution in [3.8, 4) is 0 Å². The summed E-state index contributed by atoms with van der Waals surface area (Å²) in [6, 6.07) is 0. The Balaban J connectivity index is 1.82. The fraction of sp³-hybridized carbons (Fsp3) is 0.857. The monoisotopic (exact) mass is 285 g/mol. The van der Waals surface area contributed by atoms with Crippen LogP contribution >= 0.6 is 0 Å². The van der Waals surface area contributed by atoms with E-state index in [0.717, 1.165) is 31.4 Å². The van der Waals surface area contributed by atoms with E-state index in [1.165, 1.54) is 0 Å². The number of carboxylic acids is 1. The summed E-state index contributed by atoms with van der Waals surface area (Å²) in [7, 11) is 0. The lowest BCUT2D eigenvalue weighted by Gasteiger charge is -2.35. The van der Waals surface area contributed by atoms with Gasteiger partial charge in [0.05, 0.1) is 17.9 Å². The number of nitrogens with zero attached hydrogens (tertiary/aromatic N) is 1. The van der Waals surface area contributed by atoms with E-state index in [9.17, 15) is 15.0 Å². The van der Waals surface area contributed by atoms with Crippen LogP contribution in [-0.4, -0.2) is 45.8 Å². The fourth-order valence-electron chi connectivity index (χ4n) is 3.37. The maximum Gasteiger partial charge on any atom is 0.344 e. The molecule has 0 radical (unpaired) electrons. The summed E-state index contributed by atoms with van der Waals surface area (Å²) in [4.78, 5) is 15.1. The van der Waals surface area contributed by atoms with E-state index in [1.807, 2.05) is 6.92 Å². The SMILES string of the molecule is CCC(O)CCC1C(O)CC2C(=NOCC(=O)O)CC21. The molecule has 20 heavy (non-hydrogen) atoms. The van der Waals surface area contributed by atoms with Gasteiger partial charge >= 0.3 is 5.97 Å². The summed E-state index contributed by atoms with van der Waals surface area (Å²) < 4.78 is 0. The average Bonchev–Trinajstić information content (AvgIpc) is 2.64. The van der Waals surface area contributed by atoms with Crippen LogP contribution in [0.2, 0.25) is 0 Å². The van der Waals surface area contributed by atoms with Crippen LogP contribution < -0.4 is 0 Å². The predicted octanol–water partition coefficient (Wildman–Crippen LogP) is 1.01. The highest BCUT2D eigenvalue weighted by molar-refractivity contribution is 5.93. The Morgan fingerprint density at radius 3 is 2.95 bits per heavy atom. The number of fused-ring (bicyclic) bond motifs is 1. The van der Waals surface area contributed by atoms with Gasteiger partial charge in [0.1, 0.15) is 0 Å². The normalized spacial score (nSPS) is 35.5. The molecule has 0 saturated heterocycles. The van der Waals surface area contributed by atoms with E-state index in [4.69, 9.17) is 9.94 Å². The summed E-state index contributed by atoms with van der Waals surface area (Å²) in [5, 5.41) is 32.1. The molecule has 3 N–H and O–H groups in total. The number of aliphatic carboxylic acids is 1. The minimum absolute atomic E-state index is 0.222. The van der Waals surface area contributed by atoms with E-state index >= 15 is 0 Å². The topological polar surface area (TPSA) is 99.4 Å². The highest BCUT2D eigenvalue weighted by Gasteiger charge is 2.51. The molecule has 6 heteroatoms. The second-order valence-electron chi connectivity index (χ2n) is 5.83. The number of hydrogen-bond acceptors (Lipinski definition) is 5. The molecule has 2 aliphatic rings. The van der Waals surface area contributed by atoms with Gasteiger partial charge in [0.15, 0.2) is 0 Å². The van der Waals surface area contributed by atoms with Crippen LogP contribution in [0.5, 0.6) is 0 Å². The van der Waals surface area contributed by atoms with Crippen molar-refractivity contribution in [2.24, 2.45) is 22.9 Å². The molecule has 2 saturated carbocycles. The molecule has 0 bridgehead atoms. The van der Waals surface area contributed by atoms with Gasteiger partial charge in [0.25, 0.3) is 0 Å². The van der Waals surface area contributed by atoms with Crippen molar-refractivity contribution in [3.05, 3.63) is 0 Å². The third kappa shape index (κ3) is 3.30. The molecule has 2 rings (SSSR count). The second kappa shape index (κ2) is 6.54. The highest BCUT2D eigenvalue weighted by Crippen LogP contribution is 2.50. The third-order valence-corrected chi connectivity index (χ3v) is 4.60. The van der Waals surface area contributed by atoms with Crippen molar-refractivity contribution in [2.75, 3.05) is 6.61 Å². The summed E-state index contributed by atoms with van der Waals surface area (Å²) in [5.74, 6) is -0.188. The van der Waals surface area contributed by atoms with Crippen molar-refractivity contribution in [1.29, 1.82) is 0 Å². The maximum atomic E-state index is 10.3. The molecule has 114 valence electrons. The van der Waals surface area contributed by atoms with Gasteiger partial charge in [0, 0.05) is 5.92 Å². The van der Waals surface area contributed by atoms with Gasteiger partial charge < -0.3 is 20.2 Å². The molecule has 0 aliphatic heterocycles. The standard InChI is InChI=1S/C14H23NO5/c1-2-8(16)3-4-9-10-5-12(11(10)6-13(9)17)15-20-7-14(18)19/h8-11,13,16-17H,2-7H2,1H3,(H,18,19). The molecule has 0 amide bonds. The van der Waals surface area contributed by atoms with E-state index in [0.29, 0.717) is 12.3 Å². The summed E-state index contributed by atoms with van der Waals surface area (Å²) in [6.07, 6.45) is 3.12. The predicted molar refractivity (Wildman–Crippen MR) is 72.3 cm³/mol. The van der Waals surface area contributed by atoms with Gasteiger partial charge in [-0.3, -0.25) is 0 Å². The molecule has 6 nitrogen and oxygen atoms in total. The number of aliphatic hydroxyl groups excluding tert-OH is 2. The van der Waals surface area contributed by atoms with Gasteiger partial charge in [-0.2, -0.15) is 0 Å². The van der Waals surface area contributed by atoms with Gasteiger partial charge in [-0.1, -0.05) is 12.1 Å². The molecule has 0 aromatic carbocycles. The molecule has 0 aromatic heterocycles. The molecule has 2 fully saturated rings. The van der Waals surface area contributed by atoms with Crippen LogP contribution in [0, 0.1) is 17.8 Å². The molecule has 0 aromatic rings. The van der Waals surface area contributed by atoms with Crippen molar-refractivity contribution in [3.63, 3.8) is 0 Å². The van der Waals surface area contributed by atoms with E-state index < -0.39 is 12.6 Å². The minimum atomic E-state index is -1.04. The lowest BCUT2D eigenvalue weighted by atomic mass is 9.70. The van der Waals surface area contributed by atoms with E-state index in [-0.39, 0.29) is 24.0 Å². The Hall–Kier alpha value is -1.14. The number of carbonyl (C=O) groups is 1. The molecule has 0 heterocycles. The van der Waals surface area contributed by atoms with Gasteiger partial charge in [0.2, 0.25) is 6.61 Å². The van der Waals surface area contributed by atoms with Crippen LogP contribution in [0.3, 0.4) is 0 Å². The van der Waals surface area contributed by atoms with E-state index in [1.54, 1.807) is 0 Å². The lowest BCUT2D eigenvalue weighted by Crippen LogP contribution is -2.37. The third-order valence-electron chi connectivity index (χ3n) is 4.60. The zero-order valence-electron chi connectivity index (χ0n) is 11.7. The fourth-order valence-corrected chi connectivity index (χ4v) is 3.37. The zero-order valence-corrected chi connectivity index (χ0v) is 11.7. The Bertz CT molecular complexity index is 384. The van der Waals surface area contributed by atoms with Crippen molar-refractivity contribution in [2.45, 2.75) is 51.2 Å². The first-order chi connectivity index (χ1) is 9.52. The number of aliphatic hydroxyl groups is 2. The Morgan fingerprint density at radius 2 is 2.30 bits per heavy atom. The Morgan fingerprint density at radius 1 is 1.55 bits per heavy atom. The Labute approximate surface area is 118 Å². The van der Waals surface area contributed by atoms with Crippen molar-refractivity contribution < 1.29 is 25.0 Å². The summed E-state index contributed by atoms with van der Waals surface area (Å²) >= 11 is 0. The molecule has 5 atom stereocenters. The molecular formula is C14H23NO5. The zero-order chi connectivity index (χ0) is 14.7. The first kappa shape index (κ1) is 15.3. The molecular weight excluding hydrogens is 262 g/mol.